The van der Waals surface area contributed by atoms with Gasteiger partial charge < -0.3 is 25.0 Å². The Balaban J connectivity index is 0.00000216. The van der Waals surface area contributed by atoms with Crippen molar-refractivity contribution >= 4 is 42.4 Å². The van der Waals surface area contributed by atoms with Gasteiger partial charge in [-0.05, 0) is 68.0 Å². The fourth-order valence-corrected chi connectivity index (χ4v) is 4.69. The van der Waals surface area contributed by atoms with Crippen LogP contribution in [0.1, 0.15) is 37.3 Å². The Morgan fingerprint density at radius 2 is 1.83 bits per heavy atom. The van der Waals surface area contributed by atoms with Crippen LogP contribution >= 0.6 is 24.8 Å². The molecule has 0 radical (unpaired) electrons. The summed E-state index contributed by atoms with van der Waals surface area (Å²) in [6.45, 7) is 5.37. The van der Waals surface area contributed by atoms with Crippen LogP contribution in [0, 0.1) is 10.8 Å². The molecule has 35 heavy (non-hydrogen) atoms. The first-order valence-corrected chi connectivity index (χ1v) is 11.7. The number of carbonyl (C=O) groups excluding carboxylic acids is 1. The number of esters is 1. The van der Waals surface area contributed by atoms with E-state index in [9.17, 15) is 4.79 Å². The van der Waals surface area contributed by atoms with Crippen LogP contribution in [0.15, 0.2) is 42.7 Å². The van der Waals surface area contributed by atoms with Crippen molar-refractivity contribution in [2.75, 3.05) is 37.7 Å². The highest BCUT2D eigenvalue weighted by atomic mass is 35.5. The Kier molecular flexibility index (Phi) is 10.5. The zero-order valence-electron chi connectivity index (χ0n) is 20.1. The molecular weight excluding hydrogens is 489 g/mol. The Bertz CT molecular complexity index is 984. The standard InChI is InChI=1S/C25H33N5O3.2ClH/c1-2-32-23(31)25(9-14-29(15-10-25)21-7-11-28-12-8-21)18-33-22-6-5-19-4-3-13-30(24(26)27)17-20(19)16-22;;/h5-8,11-12,16H,2-4,9-10,13-15,17-18H2,1H3,(H3,26,27);2*1H. The zero-order valence-corrected chi connectivity index (χ0v) is 21.7. The van der Waals surface area contributed by atoms with Gasteiger partial charge in [-0.25, -0.2) is 0 Å². The van der Waals surface area contributed by atoms with Crippen molar-refractivity contribution < 1.29 is 14.3 Å². The molecule has 2 aromatic rings. The second kappa shape index (κ2) is 12.8. The smallest absolute Gasteiger partial charge is 0.315 e. The van der Waals surface area contributed by atoms with Gasteiger partial charge in [0, 0.05) is 44.3 Å². The van der Waals surface area contributed by atoms with Crippen LogP contribution < -0.4 is 15.4 Å². The number of guanidine groups is 1. The first-order valence-electron chi connectivity index (χ1n) is 11.7. The normalized spacial score (nSPS) is 16.6. The third kappa shape index (κ3) is 6.70. The Morgan fingerprint density at radius 1 is 1.11 bits per heavy atom. The van der Waals surface area contributed by atoms with Crippen molar-refractivity contribution in [2.24, 2.45) is 11.1 Å². The third-order valence-electron chi connectivity index (χ3n) is 6.73. The number of aromatic nitrogens is 1. The predicted molar refractivity (Wildman–Crippen MR) is 142 cm³/mol. The molecule has 1 aromatic heterocycles. The van der Waals surface area contributed by atoms with E-state index in [-0.39, 0.29) is 43.3 Å². The van der Waals surface area contributed by atoms with E-state index in [0.29, 0.717) is 26.0 Å². The summed E-state index contributed by atoms with van der Waals surface area (Å²) < 4.78 is 11.7. The Morgan fingerprint density at radius 3 is 2.49 bits per heavy atom. The van der Waals surface area contributed by atoms with E-state index in [1.807, 2.05) is 36.1 Å². The van der Waals surface area contributed by atoms with Crippen molar-refractivity contribution in [1.82, 2.24) is 9.88 Å². The summed E-state index contributed by atoms with van der Waals surface area (Å²) in [5, 5.41) is 7.80. The number of anilines is 1. The molecule has 4 rings (SSSR count). The average molecular weight is 524 g/mol. The van der Waals surface area contributed by atoms with Crippen LogP contribution in [0.5, 0.6) is 5.75 Å². The molecule has 0 amide bonds. The van der Waals surface area contributed by atoms with Crippen molar-refractivity contribution in [3.05, 3.63) is 53.9 Å². The number of hydrogen-bond acceptors (Lipinski definition) is 6. The van der Waals surface area contributed by atoms with Crippen LogP contribution in [0.3, 0.4) is 0 Å². The highest BCUT2D eigenvalue weighted by Gasteiger charge is 2.44. The first kappa shape index (κ1) is 28.5. The van der Waals surface area contributed by atoms with E-state index in [0.717, 1.165) is 49.5 Å². The van der Waals surface area contributed by atoms with Gasteiger partial charge in [0.2, 0.25) is 0 Å². The largest absolute Gasteiger partial charge is 0.492 e. The van der Waals surface area contributed by atoms with E-state index in [1.165, 1.54) is 5.56 Å². The predicted octanol–water partition coefficient (Wildman–Crippen LogP) is 3.80. The summed E-state index contributed by atoms with van der Waals surface area (Å²) in [6.07, 6.45) is 6.83. The summed E-state index contributed by atoms with van der Waals surface area (Å²) in [6, 6.07) is 10.1. The van der Waals surface area contributed by atoms with Crippen LogP contribution in [0.25, 0.3) is 0 Å². The maximum absolute atomic E-state index is 13.0. The molecule has 2 aliphatic rings. The number of hydrogen-bond donors (Lipinski definition) is 2. The average Bonchev–Trinajstić information content (AvgIpc) is 3.06. The maximum atomic E-state index is 13.0. The lowest BCUT2D eigenvalue weighted by molar-refractivity contribution is -0.159. The van der Waals surface area contributed by atoms with Gasteiger partial charge in [-0.1, -0.05) is 6.07 Å². The van der Waals surface area contributed by atoms with E-state index in [1.54, 1.807) is 12.4 Å². The number of benzene rings is 1. The lowest BCUT2D eigenvalue weighted by Crippen LogP contribution is -2.48. The maximum Gasteiger partial charge on any atom is 0.315 e. The third-order valence-corrected chi connectivity index (χ3v) is 6.73. The number of aryl methyl sites for hydroxylation is 1. The SMILES string of the molecule is CCOC(=O)C1(COc2ccc3c(c2)CN(C(=N)N)CCC3)CCN(c2ccncc2)CC1.Cl.Cl. The summed E-state index contributed by atoms with van der Waals surface area (Å²) in [7, 11) is 0. The molecule has 3 N–H and O–H groups in total. The van der Waals surface area contributed by atoms with Gasteiger partial charge in [0.05, 0.1) is 6.61 Å². The van der Waals surface area contributed by atoms with Gasteiger partial charge in [0.1, 0.15) is 17.8 Å². The molecule has 0 saturated carbocycles. The summed E-state index contributed by atoms with van der Waals surface area (Å²) in [5.74, 6) is 0.646. The van der Waals surface area contributed by atoms with Gasteiger partial charge in [-0.3, -0.25) is 15.2 Å². The van der Waals surface area contributed by atoms with Gasteiger partial charge in [-0.15, -0.1) is 24.8 Å². The molecule has 0 spiro atoms. The van der Waals surface area contributed by atoms with Crippen LogP contribution in [0.2, 0.25) is 0 Å². The number of piperidine rings is 1. The number of fused-ring (bicyclic) bond motifs is 1. The number of nitrogens with zero attached hydrogens (tertiary/aromatic N) is 3. The van der Waals surface area contributed by atoms with Crippen LogP contribution in [-0.4, -0.2) is 54.7 Å². The summed E-state index contributed by atoms with van der Waals surface area (Å²) in [5.41, 5.74) is 8.57. The molecule has 0 bridgehead atoms. The second-order valence-corrected chi connectivity index (χ2v) is 8.82. The number of halogens is 2. The van der Waals surface area contributed by atoms with Crippen molar-refractivity contribution in [3.8, 4) is 5.75 Å². The molecule has 0 atom stereocenters. The van der Waals surface area contributed by atoms with Gasteiger partial charge in [-0.2, -0.15) is 0 Å². The topological polar surface area (TPSA) is 105 Å². The van der Waals surface area contributed by atoms with Gasteiger partial charge in [0.15, 0.2) is 5.96 Å². The fraction of sp³-hybridized carbons (Fsp3) is 0.480. The van der Waals surface area contributed by atoms with Crippen molar-refractivity contribution in [1.29, 1.82) is 5.41 Å². The van der Waals surface area contributed by atoms with Crippen LogP contribution in [-0.2, 0) is 22.5 Å². The number of ether oxygens (including phenoxy) is 2. The number of nitrogens with two attached hydrogens (primary N) is 1. The molecule has 1 saturated heterocycles. The highest BCUT2D eigenvalue weighted by molar-refractivity contribution is 5.85. The molecular formula is C25H35Cl2N5O3. The molecule has 0 aliphatic carbocycles. The molecule has 1 aromatic carbocycles. The van der Waals surface area contributed by atoms with E-state index in [4.69, 9.17) is 20.6 Å². The minimum atomic E-state index is -0.669. The zero-order chi connectivity index (χ0) is 23.3. The second-order valence-electron chi connectivity index (χ2n) is 8.82. The number of pyridine rings is 1. The molecule has 2 aliphatic heterocycles. The minimum Gasteiger partial charge on any atom is -0.492 e. The van der Waals surface area contributed by atoms with E-state index < -0.39 is 5.41 Å². The van der Waals surface area contributed by atoms with Gasteiger partial charge >= 0.3 is 5.97 Å². The number of nitrogens with one attached hydrogen (secondary N) is 1. The first-order chi connectivity index (χ1) is 16.0. The van der Waals surface area contributed by atoms with Crippen LogP contribution in [0.4, 0.5) is 5.69 Å². The molecule has 3 heterocycles. The molecule has 8 nitrogen and oxygen atoms in total. The van der Waals surface area contributed by atoms with Crippen molar-refractivity contribution in [3.63, 3.8) is 0 Å². The van der Waals surface area contributed by atoms with Crippen molar-refractivity contribution in [2.45, 2.75) is 39.2 Å². The quantitative estimate of drug-likeness (QED) is 0.337. The number of rotatable bonds is 6. The van der Waals surface area contributed by atoms with E-state index >= 15 is 0 Å². The number of carbonyl (C=O) groups is 1. The Hall–Kier alpha value is -2.71. The lowest BCUT2D eigenvalue weighted by atomic mass is 9.79. The molecule has 1 fully saturated rings. The highest BCUT2D eigenvalue weighted by Crippen LogP contribution is 2.36. The van der Waals surface area contributed by atoms with Gasteiger partial charge in [0.25, 0.3) is 0 Å². The monoisotopic (exact) mass is 523 g/mol. The molecule has 192 valence electrons. The summed E-state index contributed by atoms with van der Waals surface area (Å²) >= 11 is 0. The fourth-order valence-electron chi connectivity index (χ4n) is 4.69. The van der Waals surface area contributed by atoms with E-state index in [2.05, 4.69) is 16.0 Å². The minimum absolute atomic E-state index is 0. The lowest BCUT2D eigenvalue weighted by Gasteiger charge is -2.40. The summed E-state index contributed by atoms with van der Waals surface area (Å²) in [4.78, 5) is 21.3. The molecule has 10 heteroatoms. The Labute approximate surface area is 219 Å². The molecule has 0 unspecified atom stereocenters.